The second-order valence-electron chi connectivity index (χ2n) is 10.6. The fourth-order valence-corrected chi connectivity index (χ4v) is 5.24. The van der Waals surface area contributed by atoms with Crippen LogP contribution in [-0.4, -0.2) is 77.4 Å². The van der Waals surface area contributed by atoms with Crippen molar-refractivity contribution in [3.8, 4) is 22.1 Å². The number of ether oxygens (including phenoxy) is 1. The van der Waals surface area contributed by atoms with E-state index in [2.05, 4.69) is 56.3 Å². The van der Waals surface area contributed by atoms with E-state index in [0.29, 0.717) is 17.0 Å². The fourth-order valence-electron chi connectivity index (χ4n) is 4.47. The summed E-state index contributed by atoms with van der Waals surface area (Å²) in [6, 6.07) is 11.7. The van der Waals surface area contributed by atoms with Gasteiger partial charge in [-0.15, -0.1) is 20.4 Å². The number of aromatic nitrogens is 6. The lowest BCUT2D eigenvalue weighted by Gasteiger charge is -2.12. The molecule has 0 saturated heterocycles. The number of aliphatic hydroxyl groups excluding tert-OH is 1. The highest BCUT2D eigenvalue weighted by Crippen LogP contribution is 2.34. The highest BCUT2D eigenvalue weighted by atomic mass is 32.1. The number of anilines is 2. The number of amides is 2. The van der Waals surface area contributed by atoms with Gasteiger partial charge in [-0.3, -0.25) is 19.2 Å². The van der Waals surface area contributed by atoms with Gasteiger partial charge in [-0.25, -0.2) is 4.85 Å². The largest absolute Gasteiger partial charge is 0.495 e. The number of azo groups is 2. The van der Waals surface area contributed by atoms with E-state index < -0.39 is 35.5 Å². The first kappa shape index (κ1) is 36.9. The quantitative estimate of drug-likeness (QED) is 0.0827. The summed E-state index contributed by atoms with van der Waals surface area (Å²) < 4.78 is 7.43. The number of aliphatic hydroxyl groups is 1. The Kier molecular flexibility index (Phi) is 11.5. The van der Waals surface area contributed by atoms with Gasteiger partial charge in [0, 0.05) is 11.3 Å². The first-order valence-electron chi connectivity index (χ1n) is 15.1. The van der Waals surface area contributed by atoms with E-state index in [0.717, 1.165) is 34.5 Å². The summed E-state index contributed by atoms with van der Waals surface area (Å²) in [7, 11) is 1.42. The molecule has 2 aromatic carbocycles. The first-order valence-corrected chi connectivity index (χ1v) is 16.0. The molecule has 20 nitrogen and oxygen atoms in total. The van der Waals surface area contributed by atoms with Crippen molar-refractivity contribution >= 4 is 63.4 Å². The van der Waals surface area contributed by atoms with Crippen molar-refractivity contribution in [2.24, 2.45) is 20.5 Å². The number of methoxy groups -OCH3 is 1. The smallest absolute Gasteiger partial charge is 0.258 e. The Morgan fingerprint density at radius 1 is 0.906 bits per heavy atom. The Hall–Kier alpha value is -7.36. The maximum Gasteiger partial charge on any atom is 0.258 e. The number of carbonyl (C=O) groups is 4. The molecule has 0 aliphatic carbocycles. The van der Waals surface area contributed by atoms with Crippen LogP contribution >= 0.6 is 11.3 Å². The van der Waals surface area contributed by atoms with Crippen molar-refractivity contribution in [3.63, 3.8) is 0 Å². The van der Waals surface area contributed by atoms with E-state index in [1.54, 1.807) is 48.5 Å². The lowest BCUT2D eigenvalue weighted by Crippen LogP contribution is -2.32. The average molecular weight is 735 g/mol. The minimum absolute atomic E-state index is 0.0271. The third-order valence-corrected chi connectivity index (χ3v) is 7.96. The Labute approximate surface area is 303 Å². The molecule has 21 heteroatoms. The molecule has 0 aliphatic rings. The van der Waals surface area contributed by atoms with Crippen molar-refractivity contribution in [3.05, 3.63) is 83.5 Å². The van der Waals surface area contributed by atoms with Crippen LogP contribution in [0, 0.1) is 17.9 Å². The molecule has 0 spiro atoms. The minimum atomic E-state index is -1.62. The number of ketones is 2. The summed E-state index contributed by atoms with van der Waals surface area (Å²) in [4.78, 5) is 54.3. The van der Waals surface area contributed by atoms with Crippen LogP contribution < -0.4 is 15.4 Å². The van der Waals surface area contributed by atoms with E-state index in [-0.39, 0.29) is 45.4 Å². The first-order chi connectivity index (χ1) is 25.6. The predicted molar refractivity (Wildman–Crippen MR) is 186 cm³/mol. The molecular weight excluding hydrogens is 709 g/mol. The maximum atomic E-state index is 13.0. The molecule has 0 saturated carbocycles. The number of hydrogen-bond acceptors (Lipinski definition) is 16. The topological polar surface area (TPSA) is 261 Å². The second kappa shape index (κ2) is 16.6. The number of hydrogen-bond donors (Lipinski definition) is 3. The summed E-state index contributed by atoms with van der Waals surface area (Å²) in [5, 5.41) is 56.8. The van der Waals surface area contributed by atoms with Gasteiger partial charge < -0.3 is 20.5 Å². The van der Waals surface area contributed by atoms with Crippen molar-refractivity contribution in [2.75, 3.05) is 17.7 Å². The van der Waals surface area contributed by atoms with E-state index >= 15 is 0 Å². The molecule has 3 N–H and O–H groups in total. The number of nitrogens with one attached hydrogen (secondary N) is 2. The molecule has 2 atom stereocenters. The van der Waals surface area contributed by atoms with Gasteiger partial charge in [-0.1, -0.05) is 41.7 Å². The molecule has 3 heterocycles. The Morgan fingerprint density at radius 3 is 2.04 bits per heavy atom. The lowest BCUT2D eigenvalue weighted by atomic mass is 10.1. The van der Waals surface area contributed by atoms with Crippen molar-refractivity contribution in [1.82, 2.24) is 29.8 Å². The van der Waals surface area contributed by atoms with Gasteiger partial charge in [0.2, 0.25) is 22.3 Å². The molecule has 5 rings (SSSR count). The summed E-state index contributed by atoms with van der Waals surface area (Å²) in [5.41, 5.74) is 0.823. The molecule has 5 aromatic rings. The van der Waals surface area contributed by atoms with E-state index in [1.807, 2.05) is 6.07 Å². The molecule has 0 aliphatic heterocycles. The summed E-state index contributed by atoms with van der Waals surface area (Å²) in [6.07, 6.45) is 2.34. The number of Topliss-reactive ketones (excluding diaryl/α,β-unsaturated/α-hetero) is 2. The maximum absolute atomic E-state index is 13.0. The normalized spacial score (nSPS) is 12.2. The molecular formula is C32H26N14O6S. The molecule has 2 amide bonds. The number of benzene rings is 2. The fraction of sp³-hybridized carbons (Fsp3) is 0.188. The standard InChI is InChI=1S/C32H26N14O6S/c1-17(48)25(29(50)37-21-10-6-5-9-19(21)16-47)40-42-28-23(34-3)15-36-46(28)32-44-43-31(53-32)45-27(20(13-33)14-35-45)41-39-26(18(2)49)30(51)38-22-11-7-8-12-24(22)52-4/h5-12,14-15,25-26,47H,16H2,1-2,4H3,(H,37,50)(H,38,51). The summed E-state index contributed by atoms with van der Waals surface area (Å²) in [5.74, 6) is -2.92. The molecule has 0 fully saturated rings. The van der Waals surface area contributed by atoms with Gasteiger partial charge in [-0.2, -0.15) is 35.1 Å². The SMILES string of the molecule is [C-]#[N+]c1cnn(-c2nnc(-n3ncc(C#N)c3N=NC(C(C)=O)C(=O)Nc3ccccc3OC)s2)c1N=NC(C(C)=O)C(=O)Nc1ccccc1CO. The van der Waals surface area contributed by atoms with Gasteiger partial charge in [0.25, 0.3) is 17.5 Å². The molecule has 0 radical (unpaired) electrons. The van der Waals surface area contributed by atoms with Gasteiger partial charge in [0.1, 0.15) is 17.4 Å². The van der Waals surface area contributed by atoms with E-state index in [4.69, 9.17) is 11.3 Å². The zero-order valence-corrected chi connectivity index (χ0v) is 28.7. The van der Waals surface area contributed by atoms with E-state index in [9.17, 15) is 29.5 Å². The number of nitriles is 1. The number of carbonyl (C=O) groups excluding carboxylic acids is 4. The highest BCUT2D eigenvalue weighted by molar-refractivity contribution is 7.16. The van der Waals surface area contributed by atoms with Crippen molar-refractivity contribution < 1.29 is 29.0 Å². The summed E-state index contributed by atoms with van der Waals surface area (Å²) >= 11 is 0.854. The van der Waals surface area contributed by atoms with Crippen LogP contribution in [-0.2, 0) is 25.8 Å². The molecule has 0 bridgehead atoms. The average Bonchev–Trinajstić information content (AvgIpc) is 3.90. The van der Waals surface area contributed by atoms with Crippen molar-refractivity contribution in [2.45, 2.75) is 32.5 Å². The zero-order chi connectivity index (χ0) is 38.1. The van der Waals surface area contributed by atoms with Crippen LogP contribution in [0.4, 0.5) is 28.7 Å². The van der Waals surface area contributed by atoms with Gasteiger partial charge in [0.15, 0.2) is 23.2 Å². The molecule has 53 heavy (non-hydrogen) atoms. The monoisotopic (exact) mass is 734 g/mol. The number of para-hydroxylation sites is 3. The van der Waals surface area contributed by atoms with Crippen LogP contribution in [0.3, 0.4) is 0 Å². The van der Waals surface area contributed by atoms with E-state index in [1.165, 1.54) is 19.5 Å². The second-order valence-corrected chi connectivity index (χ2v) is 11.5. The van der Waals surface area contributed by atoms with Gasteiger partial charge in [-0.05, 0) is 32.0 Å². The molecule has 266 valence electrons. The van der Waals surface area contributed by atoms with Crippen molar-refractivity contribution in [1.29, 1.82) is 5.26 Å². The predicted octanol–water partition coefficient (Wildman–Crippen LogP) is 4.19. The molecule has 3 aromatic heterocycles. The van der Waals surface area contributed by atoms with Crippen LogP contribution in [0.5, 0.6) is 5.75 Å². The highest BCUT2D eigenvalue weighted by Gasteiger charge is 2.27. The Balaban J connectivity index is 1.43. The molecule has 2 unspecified atom stereocenters. The van der Waals surface area contributed by atoms with Crippen LogP contribution in [0.25, 0.3) is 15.1 Å². The van der Waals surface area contributed by atoms with Gasteiger partial charge in [0.05, 0.1) is 38.4 Å². The van der Waals surface area contributed by atoms with Crippen LogP contribution in [0.15, 0.2) is 81.4 Å². The Bertz CT molecular complexity index is 2190. The lowest BCUT2D eigenvalue weighted by molar-refractivity contribution is -0.127. The third kappa shape index (κ3) is 8.18. The van der Waals surface area contributed by atoms with Crippen LogP contribution in [0.2, 0.25) is 0 Å². The van der Waals surface area contributed by atoms with Crippen LogP contribution in [0.1, 0.15) is 25.0 Å². The number of nitrogens with zero attached hydrogens (tertiary/aromatic N) is 12. The van der Waals surface area contributed by atoms with Gasteiger partial charge >= 0.3 is 0 Å². The third-order valence-electron chi connectivity index (χ3n) is 7.09. The number of rotatable bonds is 14. The zero-order valence-electron chi connectivity index (χ0n) is 27.9. The Morgan fingerprint density at radius 2 is 1.45 bits per heavy atom. The minimum Gasteiger partial charge on any atom is -0.495 e. The summed E-state index contributed by atoms with van der Waals surface area (Å²) in [6.45, 7) is 9.51.